The highest BCUT2D eigenvalue weighted by molar-refractivity contribution is 7.93. The maximum Gasteiger partial charge on any atom is 0.407 e. The SMILES string of the molecule is C[C@@H]1NC(=O)O[C@H]1[C@@H](Cl)S(=O)(=O)c1ccccc1. The van der Waals surface area contributed by atoms with Crippen LogP contribution in [0.3, 0.4) is 0 Å². The fraction of sp³-hybridized carbons (Fsp3) is 0.364. The van der Waals surface area contributed by atoms with Crippen LogP contribution in [0.4, 0.5) is 4.79 Å². The Bertz CT molecular complexity index is 545. The maximum atomic E-state index is 12.2. The van der Waals surface area contributed by atoms with Crippen LogP contribution in [0.25, 0.3) is 0 Å². The molecule has 0 unspecified atom stereocenters. The summed E-state index contributed by atoms with van der Waals surface area (Å²) in [5.74, 6) is 0. The van der Waals surface area contributed by atoms with E-state index in [0.717, 1.165) is 0 Å². The van der Waals surface area contributed by atoms with Crippen LogP contribution in [0.5, 0.6) is 0 Å². The molecule has 98 valence electrons. The van der Waals surface area contributed by atoms with Crippen molar-refractivity contribution in [1.82, 2.24) is 5.32 Å². The molecule has 0 aromatic heterocycles. The van der Waals surface area contributed by atoms with Gasteiger partial charge in [0.25, 0.3) is 0 Å². The highest BCUT2D eigenvalue weighted by Crippen LogP contribution is 2.26. The van der Waals surface area contributed by atoms with Gasteiger partial charge in [0.2, 0.25) is 0 Å². The van der Waals surface area contributed by atoms with Crippen molar-refractivity contribution >= 4 is 27.5 Å². The number of rotatable bonds is 3. The molecule has 1 N–H and O–H groups in total. The molecule has 1 fully saturated rings. The molecule has 1 aliphatic rings. The third kappa shape index (κ3) is 2.30. The van der Waals surface area contributed by atoms with Gasteiger partial charge >= 0.3 is 6.09 Å². The van der Waals surface area contributed by atoms with Crippen molar-refractivity contribution in [3.8, 4) is 0 Å². The van der Waals surface area contributed by atoms with Crippen molar-refractivity contribution in [2.24, 2.45) is 0 Å². The average Bonchev–Trinajstić information content (AvgIpc) is 2.68. The molecule has 1 aromatic rings. The number of amides is 1. The Morgan fingerprint density at radius 2 is 1.94 bits per heavy atom. The van der Waals surface area contributed by atoms with Gasteiger partial charge in [0.05, 0.1) is 10.9 Å². The molecule has 0 radical (unpaired) electrons. The monoisotopic (exact) mass is 289 g/mol. The minimum absolute atomic E-state index is 0.111. The minimum atomic E-state index is -3.73. The number of benzene rings is 1. The van der Waals surface area contributed by atoms with Crippen molar-refractivity contribution in [2.45, 2.75) is 28.7 Å². The van der Waals surface area contributed by atoms with Gasteiger partial charge in [-0.15, -0.1) is 11.6 Å². The predicted octanol–water partition coefficient (Wildman–Crippen LogP) is 1.52. The Hall–Kier alpha value is -1.27. The number of alkyl halides is 1. The zero-order valence-electron chi connectivity index (χ0n) is 9.54. The molecule has 1 aliphatic heterocycles. The van der Waals surface area contributed by atoms with E-state index < -0.39 is 32.8 Å². The van der Waals surface area contributed by atoms with Gasteiger partial charge < -0.3 is 10.1 Å². The van der Waals surface area contributed by atoms with Crippen molar-refractivity contribution in [1.29, 1.82) is 0 Å². The van der Waals surface area contributed by atoms with Crippen LogP contribution in [0.1, 0.15) is 6.92 Å². The fourth-order valence-electron chi connectivity index (χ4n) is 1.72. The van der Waals surface area contributed by atoms with Crippen LogP contribution >= 0.6 is 11.6 Å². The van der Waals surface area contributed by atoms with Crippen LogP contribution in [0.2, 0.25) is 0 Å². The Morgan fingerprint density at radius 3 is 2.44 bits per heavy atom. The number of ether oxygens (including phenoxy) is 1. The minimum Gasteiger partial charge on any atom is -0.441 e. The van der Waals surface area contributed by atoms with E-state index in [1.54, 1.807) is 25.1 Å². The lowest BCUT2D eigenvalue weighted by molar-refractivity contribution is 0.139. The lowest BCUT2D eigenvalue weighted by atomic mass is 10.2. The van der Waals surface area contributed by atoms with E-state index in [2.05, 4.69) is 5.32 Å². The van der Waals surface area contributed by atoms with Gasteiger partial charge in [0, 0.05) is 0 Å². The first-order valence-electron chi connectivity index (χ1n) is 5.33. The van der Waals surface area contributed by atoms with Gasteiger partial charge in [-0.2, -0.15) is 0 Å². The molecular weight excluding hydrogens is 278 g/mol. The van der Waals surface area contributed by atoms with E-state index in [9.17, 15) is 13.2 Å². The molecule has 1 heterocycles. The van der Waals surface area contributed by atoms with Crippen LogP contribution in [-0.2, 0) is 14.6 Å². The Kier molecular flexibility index (Phi) is 3.49. The van der Waals surface area contributed by atoms with E-state index in [1.807, 2.05) is 0 Å². The van der Waals surface area contributed by atoms with Gasteiger partial charge in [-0.25, -0.2) is 13.2 Å². The predicted molar refractivity (Wildman–Crippen MR) is 66.1 cm³/mol. The van der Waals surface area contributed by atoms with Crippen LogP contribution in [-0.4, -0.2) is 31.4 Å². The summed E-state index contributed by atoms with van der Waals surface area (Å²) in [6.45, 7) is 1.64. The molecule has 18 heavy (non-hydrogen) atoms. The van der Waals surface area contributed by atoms with E-state index in [-0.39, 0.29) is 4.90 Å². The summed E-state index contributed by atoms with van der Waals surface area (Å²) in [5, 5.41) is 2.46. The third-order valence-corrected chi connectivity index (χ3v) is 5.45. The highest BCUT2D eigenvalue weighted by Gasteiger charge is 2.43. The van der Waals surface area contributed by atoms with Gasteiger partial charge in [-0.3, -0.25) is 0 Å². The summed E-state index contributed by atoms with van der Waals surface area (Å²) < 4.78 is 28.0. The lowest BCUT2D eigenvalue weighted by Gasteiger charge is -2.19. The quantitative estimate of drug-likeness (QED) is 0.857. The summed E-state index contributed by atoms with van der Waals surface area (Å²) in [5.41, 5.74) is 0. The number of alkyl carbamates (subject to hydrolysis) is 1. The number of halogens is 1. The Morgan fingerprint density at radius 1 is 1.33 bits per heavy atom. The summed E-state index contributed by atoms with van der Waals surface area (Å²) in [6, 6.07) is 7.40. The summed E-state index contributed by atoms with van der Waals surface area (Å²) in [4.78, 5) is 11.2. The molecule has 0 bridgehead atoms. The van der Waals surface area contributed by atoms with Crippen LogP contribution < -0.4 is 5.32 Å². The summed E-state index contributed by atoms with van der Waals surface area (Å²) in [7, 11) is -3.73. The Labute approximate surface area is 110 Å². The standard InChI is InChI=1S/C11H12ClNO4S/c1-7-9(17-11(14)13-7)10(12)18(15,16)8-5-3-2-4-6-8/h2-7,9-10H,1H3,(H,13,14)/t7-,9+,10-/m0/s1. The van der Waals surface area contributed by atoms with E-state index in [1.165, 1.54) is 12.1 Å². The summed E-state index contributed by atoms with van der Waals surface area (Å²) in [6.07, 6.45) is -1.55. The smallest absolute Gasteiger partial charge is 0.407 e. The number of hydrogen-bond acceptors (Lipinski definition) is 4. The van der Waals surface area contributed by atoms with Crippen LogP contribution in [0.15, 0.2) is 35.2 Å². The first kappa shape index (κ1) is 13.2. The number of sulfone groups is 1. The number of cyclic esters (lactones) is 1. The molecule has 5 nitrogen and oxygen atoms in total. The lowest BCUT2D eigenvalue weighted by Crippen LogP contribution is -2.38. The molecule has 1 amide bonds. The van der Waals surface area contributed by atoms with E-state index in [4.69, 9.17) is 16.3 Å². The average molecular weight is 290 g/mol. The molecule has 7 heteroatoms. The Balaban J connectivity index is 2.29. The zero-order valence-corrected chi connectivity index (χ0v) is 11.1. The molecule has 2 rings (SSSR count). The largest absolute Gasteiger partial charge is 0.441 e. The van der Waals surface area contributed by atoms with Gasteiger partial charge in [-0.1, -0.05) is 18.2 Å². The number of carbonyl (C=O) groups is 1. The second-order valence-electron chi connectivity index (χ2n) is 4.01. The van der Waals surface area contributed by atoms with Crippen LogP contribution in [0, 0.1) is 0 Å². The van der Waals surface area contributed by atoms with Crippen molar-refractivity contribution in [2.75, 3.05) is 0 Å². The van der Waals surface area contributed by atoms with Gasteiger partial charge in [0.1, 0.15) is 0 Å². The van der Waals surface area contributed by atoms with Gasteiger partial charge in [0.15, 0.2) is 20.7 Å². The maximum absolute atomic E-state index is 12.2. The topological polar surface area (TPSA) is 72.5 Å². The molecule has 1 aromatic carbocycles. The number of hydrogen-bond donors (Lipinski definition) is 1. The van der Waals surface area contributed by atoms with Gasteiger partial charge in [-0.05, 0) is 19.1 Å². The molecule has 0 saturated carbocycles. The molecular formula is C11H12ClNO4S. The normalized spacial score (nSPS) is 25.3. The molecule has 0 aliphatic carbocycles. The first-order valence-corrected chi connectivity index (χ1v) is 7.31. The second-order valence-corrected chi connectivity index (χ2v) is 6.81. The second kappa shape index (κ2) is 4.78. The molecule has 3 atom stereocenters. The summed E-state index contributed by atoms with van der Waals surface area (Å²) >= 11 is 5.97. The van der Waals surface area contributed by atoms with Crippen molar-refractivity contribution in [3.63, 3.8) is 0 Å². The van der Waals surface area contributed by atoms with E-state index in [0.29, 0.717) is 0 Å². The first-order chi connectivity index (χ1) is 8.43. The molecule has 0 spiro atoms. The fourth-order valence-corrected chi connectivity index (χ4v) is 3.74. The zero-order chi connectivity index (χ0) is 13.3. The molecule has 1 saturated heterocycles. The highest BCUT2D eigenvalue weighted by atomic mass is 35.5. The van der Waals surface area contributed by atoms with E-state index >= 15 is 0 Å². The number of nitrogens with one attached hydrogen (secondary N) is 1. The van der Waals surface area contributed by atoms with Crippen molar-refractivity contribution in [3.05, 3.63) is 30.3 Å². The number of carbonyl (C=O) groups excluding carboxylic acids is 1. The van der Waals surface area contributed by atoms with Crippen molar-refractivity contribution < 1.29 is 17.9 Å². The third-order valence-electron chi connectivity index (χ3n) is 2.71.